The van der Waals surface area contributed by atoms with Crippen LogP contribution < -0.4 is 11.1 Å². The highest BCUT2D eigenvalue weighted by Gasteiger charge is 2.63. The van der Waals surface area contributed by atoms with Crippen molar-refractivity contribution in [2.24, 2.45) is 23.0 Å². The van der Waals surface area contributed by atoms with E-state index in [1.54, 1.807) is 12.3 Å². The van der Waals surface area contributed by atoms with Gasteiger partial charge in [0.1, 0.15) is 5.69 Å². The number of amides is 2. The normalized spacial score (nSPS) is 21.9. The number of rotatable bonds is 9. The van der Waals surface area contributed by atoms with Crippen LogP contribution in [0.4, 0.5) is 22.0 Å². The van der Waals surface area contributed by atoms with Crippen LogP contribution in [0.25, 0.3) is 5.65 Å². The van der Waals surface area contributed by atoms with Gasteiger partial charge in [-0.05, 0) is 67.1 Å². The molecule has 3 N–H and O–H groups in total. The zero-order chi connectivity index (χ0) is 29.2. The SMILES string of the molecule is NC(=O)c1nonc1[C@H](c1cn2ncc([C@H](NC(=O)CC3(C(F)(F)F)CC3)C3CC3)cc2n1)C1CCC(F)(F)CC1. The molecule has 3 heterocycles. The summed E-state index contributed by atoms with van der Waals surface area (Å²) in [5.41, 5.74) is 4.78. The van der Waals surface area contributed by atoms with Crippen molar-refractivity contribution in [1.82, 2.24) is 30.2 Å². The molecule has 2 amide bonds. The van der Waals surface area contributed by atoms with Crippen molar-refractivity contribution in [3.63, 3.8) is 0 Å². The average molecular weight is 582 g/mol. The number of aromatic nitrogens is 5. The zero-order valence-electron chi connectivity index (χ0n) is 21.8. The fraction of sp³-hybridized carbons (Fsp3) is 0.615. The van der Waals surface area contributed by atoms with E-state index in [0.717, 1.165) is 12.8 Å². The lowest BCUT2D eigenvalue weighted by Gasteiger charge is -2.32. The first-order chi connectivity index (χ1) is 19.4. The number of hydrogen-bond donors (Lipinski definition) is 2. The van der Waals surface area contributed by atoms with E-state index >= 15 is 0 Å². The number of nitrogens with two attached hydrogens (primary N) is 1. The van der Waals surface area contributed by atoms with E-state index in [9.17, 15) is 31.5 Å². The minimum Gasteiger partial charge on any atom is -0.364 e. The van der Waals surface area contributed by atoms with E-state index in [4.69, 9.17) is 10.4 Å². The smallest absolute Gasteiger partial charge is 0.364 e. The molecule has 0 spiro atoms. The molecule has 41 heavy (non-hydrogen) atoms. The number of fused-ring (bicyclic) bond motifs is 1. The molecule has 3 aromatic heterocycles. The summed E-state index contributed by atoms with van der Waals surface area (Å²) in [4.78, 5) is 29.4. The van der Waals surface area contributed by atoms with Crippen LogP contribution in [0.3, 0.4) is 0 Å². The number of carbonyl (C=O) groups is 2. The summed E-state index contributed by atoms with van der Waals surface area (Å²) in [6.45, 7) is 0. The number of primary amides is 1. The highest BCUT2D eigenvalue weighted by Crippen LogP contribution is 2.60. The summed E-state index contributed by atoms with van der Waals surface area (Å²) in [6.07, 6.45) is -0.783. The Morgan fingerprint density at radius 2 is 1.80 bits per heavy atom. The van der Waals surface area contributed by atoms with Gasteiger partial charge in [0.2, 0.25) is 11.8 Å². The van der Waals surface area contributed by atoms with Crippen LogP contribution in [0.15, 0.2) is 23.1 Å². The lowest BCUT2D eigenvalue weighted by molar-refractivity contribution is -0.190. The van der Waals surface area contributed by atoms with Gasteiger partial charge in [0, 0.05) is 19.3 Å². The Balaban J connectivity index is 1.29. The molecule has 0 radical (unpaired) electrons. The second-order valence-corrected chi connectivity index (χ2v) is 11.6. The third-order valence-electron chi connectivity index (χ3n) is 8.68. The van der Waals surface area contributed by atoms with Gasteiger partial charge in [-0.3, -0.25) is 9.59 Å². The Morgan fingerprint density at radius 1 is 1.10 bits per heavy atom. The first-order valence-electron chi connectivity index (χ1n) is 13.6. The minimum atomic E-state index is -4.43. The molecular formula is C26H28F5N7O3. The lowest BCUT2D eigenvalue weighted by Crippen LogP contribution is -2.35. The molecule has 3 aliphatic carbocycles. The number of halogens is 5. The summed E-state index contributed by atoms with van der Waals surface area (Å²) in [5, 5.41) is 14.7. The molecule has 15 heteroatoms. The van der Waals surface area contributed by atoms with Gasteiger partial charge in [-0.2, -0.15) is 18.3 Å². The van der Waals surface area contributed by atoms with Crippen molar-refractivity contribution in [2.75, 3.05) is 0 Å². The number of carbonyl (C=O) groups excluding carboxylic acids is 2. The van der Waals surface area contributed by atoms with E-state index in [1.807, 2.05) is 0 Å². The summed E-state index contributed by atoms with van der Waals surface area (Å²) >= 11 is 0. The van der Waals surface area contributed by atoms with Crippen LogP contribution in [0, 0.1) is 17.3 Å². The van der Waals surface area contributed by atoms with Crippen molar-refractivity contribution in [3.05, 3.63) is 41.1 Å². The number of nitrogens with zero attached hydrogens (tertiary/aromatic N) is 5. The van der Waals surface area contributed by atoms with Crippen molar-refractivity contribution < 1.29 is 36.2 Å². The Bertz CT molecular complexity index is 1470. The average Bonchev–Trinajstić information content (AvgIpc) is 3.80. The number of nitrogens with one attached hydrogen (secondary N) is 1. The quantitative estimate of drug-likeness (QED) is 0.355. The molecule has 0 unspecified atom stereocenters. The van der Waals surface area contributed by atoms with Gasteiger partial charge in [-0.1, -0.05) is 5.16 Å². The second-order valence-electron chi connectivity index (χ2n) is 11.6. The zero-order valence-corrected chi connectivity index (χ0v) is 21.8. The van der Waals surface area contributed by atoms with Gasteiger partial charge < -0.3 is 11.1 Å². The van der Waals surface area contributed by atoms with Gasteiger partial charge in [0.25, 0.3) is 5.91 Å². The Morgan fingerprint density at radius 3 is 2.41 bits per heavy atom. The predicted molar refractivity (Wildman–Crippen MR) is 130 cm³/mol. The molecule has 6 rings (SSSR count). The van der Waals surface area contributed by atoms with Crippen LogP contribution >= 0.6 is 0 Å². The van der Waals surface area contributed by atoms with E-state index in [2.05, 4.69) is 25.7 Å². The highest BCUT2D eigenvalue weighted by atomic mass is 19.4. The van der Waals surface area contributed by atoms with Gasteiger partial charge in [-0.15, -0.1) is 0 Å². The summed E-state index contributed by atoms with van der Waals surface area (Å²) in [7, 11) is 0. The molecule has 3 fully saturated rings. The van der Waals surface area contributed by atoms with Crippen LogP contribution in [-0.2, 0) is 4.79 Å². The second kappa shape index (κ2) is 9.72. The predicted octanol–water partition coefficient (Wildman–Crippen LogP) is 4.47. The minimum absolute atomic E-state index is 0.0549. The third-order valence-corrected chi connectivity index (χ3v) is 8.68. The molecule has 2 atom stereocenters. The van der Waals surface area contributed by atoms with Gasteiger partial charge in [-0.25, -0.2) is 22.9 Å². The topological polar surface area (TPSA) is 141 Å². The molecule has 10 nitrogen and oxygen atoms in total. The molecule has 0 aromatic carbocycles. The Kier molecular flexibility index (Phi) is 6.53. The fourth-order valence-electron chi connectivity index (χ4n) is 5.95. The maximum Gasteiger partial charge on any atom is 0.395 e. The van der Waals surface area contributed by atoms with Crippen molar-refractivity contribution >= 4 is 17.5 Å². The van der Waals surface area contributed by atoms with E-state index in [0.29, 0.717) is 16.9 Å². The van der Waals surface area contributed by atoms with E-state index in [1.165, 1.54) is 10.7 Å². The van der Waals surface area contributed by atoms with Crippen LogP contribution in [-0.4, -0.2) is 48.8 Å². The van der Waals surface area contributed by atoms with Gasteiger partial charge in [0.15, 0.2) is 11.3 Å². The van der Waals surface area contributed by atoms with Crippen molar-refractivity contribution in [2.45, 2.75) is 81.8 Å². The maximum absolute atomic E-state index is 14.0. The van der Waals surface area contributed by atoms with E-state index in [-0.39, 0.29) is 61.7 Å². The molecule has 0 bridgehead atoms. The molecule has 0 saturated heterocycles. The highest BCUT2D eigenvalue weighted by molar-refractivity contribution is 5.91. The largest absolute Gasteiger partial charge is 0.395 e. The van der Waals surface area contributed by atoms with Crippen LogP contribution in [0.2, 0.25) is 0 Å². The maximum atomic E-state index is 14.0. The molecule has 3 aromatic rings. The van der Waals surface area contributed by atoms with Gasteiger partial charge >= 0.3 is 6.18 Å². The molecular weight excluding hydrogens is 553 g/mol. The van der Waals surface area contributed by atoms with E-state index < -0.39 is 47.7 Å². The summed E-state index contributed by atoms with van der Waals surface area (Å²) in [6, 6.07) is 1.17. The monoisotopic (exact) mass is 581 g/mol. The lowest BCUT2D eigenvalue weighted by atomic mass is 9.75. The standard InChI is InChI=1S/C26H28F5N7O3/c27-25(28)5-3-13(4-6-25)19(21-22(23(32)40)37-41-36-21)16-12-38-17(34-16)9-15(11-33-38)20(14-1-2-14)35-18(39)10-24(7-8-24)26(29,30)31/h9,11-14,19-20H,1-8,10H2,(H2,32,40)(H,35,39)/t19-,20+/m0/s1. The van der Waals surface area contributed by atoms with Crippen LogP contribution in [0.1, 0.15) is 97.2 Å². The number of imidazole rings is 1. The fourth-order valence-corrected chi connectivity index (χ4v) is 5.95. The first kappa shape index (κ1) is 27.5. The molecule has 3 saturated carbocycles. The number of hydrogen-bond acceptors (Lipinski definition) is 7. The van der Waals surface area contributed by atoms with Crippen LogP contribution in [0.5, 0.6) is 0 Å². The third kappa shape index (κ3) is 5.37. The summed E-state index contributed by atoms with van der Waals surface area (Å²) < 4.78 is 74.4. The molecule has 3 aliphatic rings. The number of alkyl halides is 5. The van der Waals surface area contributed by atoms with Crippen molar-refractivity contribution in [3.8, 4) is 0 Å². The summed E-state index contributed by atoms with van der Waals surface area (Å²) in [5.74, 6) is -5.33. The van der Waals surface area contributed by atoms with Gasteiger partial charge in [0.05, 0.1) is 35.5 Å². The van der Waals surface area contributed by atoms with Crippen molar-refractivity contribution in [1.29, 1.82) is 0 Å². The Labute approximate surface area is 230 Å². The molecule has 0 aliphatic heterocycles. The molecule has 220 valence electrons. The Hall–Kier alpha value is -3.65. The first-order valence-corrected chi connectivity index (χ1v) is 13.6.